The average Bonchev–Trinajstić information content (AvgIpc) is 2.98. The van der Waals surface area contributed by atoms with E-state index in [1.807, 2.05) is 0 Å². The fourth-order valence-corrected chi connectivity index (χ4v) is 2.40. The van der Waals surface area contributed by atoms with Gasteiger partial charge in [0.15, 0.2) is 5.65 Å². The van der Waals surface area contributed by atoms with Crippen LogP contribution in [0.3, 0.4) is 0 Å². The molecule has 2 heterocycles. The highest BCUT2D eigenvalue weighted by Gasteiger charge is 2.15. The Kier molecular flexibility index (Phi) is 4.43. The molecule has 3 aromatic rings. The lowest BCUT2D eigenvalue weighted by Crippen LogP contribution is -2.23. The molecule has 26 heavy (non-hydrogen) atoms. The first-order chi connectivity index (χ1) is 12.4. The monoisotopic (exact) mass is 360 g/mol. The van der Waals surface area contributed by atoms with Crippen LogP contribution >= 0.6 is 0 Å². The molecule has 0 atom stereocenters. The Bertz CT molecular complexity index is 1070. The zero-order chi connectivity index (χ0) is 18.8. The maximum absolute atomic E-state index is 13.3. The summed E-state index contributed by atoms with van der Waals surface area (Å²) in [7, 11) is 1.66. The van der Waals surface area contributed by atoms with Gasteiger partial charge in [-0.05, 0) is 12.1 Å². The number of amides is 1. The van der Waals surface area contributed by atoms with E-state index >= 15 is 0 Å². The summed E-state index contributed by atoms with van der Waals surface area (Å²) in [6, 6.07) is 3.05. The third kappa shape index (κ3) is 3.27. The summed E-state index contributed by atoms with van der Waals surface area (Å²) in [6.45, 7) is 0.0613. The van der Waals surface area contributed by atoms with E-state index < -0.39 is 22.3 Å². The minimum Gasteiger partial charge on any atom is -0.326 e. The van der Waals surface area contributed by atoms with Crippen molar-refractivity contribution in [3.05, 3.63) is 57.0 Å². The maximum atomic E-state index is 13.3. The molecule has 0 unspecified atom stereocenters. The van der Waals surface area contributed by atoms with Gasteiger partial charge in [-0.15, -0.1) is 0 Å². The molecule has 0 aliphatic heterocycles. The van der Waals surface area contributed by atoms with E-state index in [0.29, 0.717) is 11.0 Å². The highest BCUT2D eigenvalue weighted by Crippen LogP contribution is 2.21. The molecule has 3 rings (SSSR count). The van der Waals surface area contributed by atoms with Gasteiger partial charge in [0.25, 0.3) is 5.56 Å². The lowest BCUT2D eigenvalue weighted by molar-refractivity contribution is -0.387. The number of fused-ring (bicyclic) bond motifs is 1. The first-order valence-corrected chi connectivity index (χ1v) is 7.48. The lowest BCUT2D eigenvalue weighted by atomic mass is 10.2. The van der Waals surface area contributed by atoms with Gasteiger partial charge in [-0.2, -0.15) is 9.49 Å². The predicted octanol–water partition coefficient (Wildman–Crippen LogP) is 1.21. The molecule has 0 aliphatic rings. The van der Waals surface area contributed by atoms with E-state index in [0.717, 1.165) is 12.1 Å². The normalized spacial score (nSPS) is 10.8. The van der Waals surface area contributed by atoms with Gasteiger partial charge in [0.05, 0.1) is 17.4 Å². The molecule has 1 aromatic carbocycles. The second-order valence-electron chi connectivity index (χ2n) is 5.47. The molecule has 0 saturated heterocycles. The topological polar surface area (TPSA) is 125 Å². The van der Waals surface area contributed by atoms with Gasteiger partial charge < -0.3 is 5.32 Å². The number of rotatable bonds is 5. The summed E-state index contributed by atoms with van der Waals surface area (Å²) >= 11 is 0. The molecule has 1 amide bonds. The van der Waals surface area contributed by atoms with E-state index in [-0.39, 0.29) is 24.2 Å². The zero-order valence-electron chi connectivity index (χ0n) is 13.5. The molecule has 2 aromatic heterocycles. The smallest absolute Gasteiger partial charge is 0.306 e. The van der Waals surface area contributed by atoms with Gasteiger partial charge in [0, 0.05) is 31.8 Å². The van der Waals surface area contributed by atoms with Gasteiger partial charge in [-0.25, -0.2) is 4.98 Å². The van der Waals surface area contributed by atoms with Gasteiger partial charge in [0.1, 0.15) is 5.39 Å². The Hall–Kier alpha value is -3.63. The van der Waals surface area contributed by atoms with Gasteiger partial charge >= 0.3 is 5.69 Å². The van der Waals surface area contributed by atoms with Crippen molar-refractivity contribution >= 4 is 28.3 Å². The highest BCUT2D eigenvalue weighted by molar-refractivity contribution is 5.91. The number of anilines is 1. The number of nitro benzene ring substituents is 1. The van der Waals surface area contributed by atoms with Crippen LogP contribution in [0.25, 0.3) is 11.0 Å². The Balaban J connectivity index is 1.70. The van der Waals surface area contributed by atoms with Crippen molar-refractivity contribution < 1.29 is 14.1 Å². The second kappa shape index (κ2) is 6.70. The van der Waals surface area contributed by atoms with Crippen LogP contribution in [0.5, 0.6) is 0 Å². The molecule has 11 heteroatoms. The van der Waals surface area contributed by atoms with Crippen LogP contribution in [0.4, 0.5) is 15.8 Å². The summed E-state index contributed by atoms with van der Waals surface area (Å²) in [5, 5.41) is 17.4. The zero-order valence-corrected chi connectivity index (χ0v) is 13.5. The summed E-state index contributed by atoms with van der Waals surface area (Å²) in [5.74, 6) is -1.47. The van der Waals surface area contributed by atoms with Gasteiger partial charge in [-0.3, -0.25) is 29.0 Å². The second-order valence-corrected chi connectivity index (χ2v) is 5.47. The van der Waals surface area contributed by atoms with E-state index in [2.05, 4.69) is 15.4 Å². The van der Waals surface area contributed by atoms with Crippen molar-refractivity contribution in [1.82, 2.24) is 19.3 Å². The van der Waals surface area contributed by atoms with Crippen molar-refractivity contribution in [3.8, 4) is 0 Å². The van der Waals surface area contributed by atoms with Crippen molar-refractivity contribution in [2.45, 2.75) is 13.0 Å². The number of benzene rings is 1. The Morgan fingerprint density at radius 1 is 1.42 bits per heavy atom. The molecular formula is C15H13FN6O4. The Labute approximate surface area is 145 Å². The number of halogens is 1. The van der Waals surface area contributed by atoms with Crippen molar-refractivity contribution in [3.63, 3.8) is 0 Å². The third-order valence-corrected chi connectivity index (χ3v) is 3.72. The van der Waals surface area contributed by atoms with Crippen LogP contribution < -0.4 is 10.9 Å². The number of hydrogen-bond donors (Lipinski definition) is 1. The molecule has 0 fully saturated rings. The first-order valence-electron chi connectivity index (χ1n) is 7.48. The van der Waals surface area contributed by atoms with E-state index in [1.165, 1.54) is 27.8 Å². The third-order valence-electron chi connectivity index (χ3n) is 3.72. The van der Waals surface area contributed by atoms with Crippen LogP contribution in [0.2, 0.25) is 0 Å². The molecule has 134 valence electrons. The van der Waals surface area contributed by atoms with Crippen molar-refractivity contribution in [2.75, 3.05) is 5.32 Å². The number of nitro groups is 1. The number of carbonyl (C=O) groups is 1. The standard InChI is InChI=1S/C15H13FN6O4/c1-20-14-10(7-18-20)15(24)21(8-17-14)5-4-13(23)19-9-2-3-11(16)12(6-9)22(25)26/h2-3,6-8H,4-5H2,1H3,(H,19,23). The van der Waals surface area contributed by atoms with E-state index in [9.17, 15) is 24.1 Å². The minimum absolute atomic E-state index is 0.0613. The summed E-state index contributed by atoms with van der Waals surface area (Å²) in [6.07, 6.45) is 2.65. The Morgan fingerprint density at radius 3 is 2.92 bits per heavy atom. The van der Waals surface area contributed by atoms with Crippen molar-refractivity contribution in [1.29, 1.82) is 0 Å². The number of nitrogens with zero attached hydrogens (tertiary/aromatic N) is 5. The number of hydrogen-bond acceptors (Lipinski definition) is 6. The van der Waals surface area contributed by atoms with Crippen LogP contribution in [-0.4, -0.2) is 30.2 Å². The quantitative estimate of drug-likeness (QED) is 0.538. The SMILES string of the molecule is Cn1ncc2c(=O)n(CCC(=O)Nc3ccc(F)c([N+](=O)[O-])c3)cnc21. The first kappa shape index (κ1) is 17.2. The van der Waals surface area contributed by atoms with Crippen LogP contribution in [0, 0.1) is 15.9 Å². The van der Waals surface area contributed by atoms with Gasteiger partial charge in [0.2, 0.25) is 11.7 Å². The molecule has 10 nitrogen and oxygen atoms in total. The lowest BCUT2D eigenvalue weighted by Gasteiger charge is -2.07. The highest BCUT2D eigenvalue weighted by atomic mass is 19.1. The fraction of sp³-hybridized carbons (Fsp3) is 0.200. The summed E-state index contributed by atoms with van der Waals surface area (Å²) in [5.41, 5.74) is -0.524. The molecule has 0 radical (unpaired) electrons. The number of aromatic nitrogens is 4. The predicted molar refractivity (Wildman–Crippen MR) is 89.1 cm³/mol. The maximum Gasteiger partial charge on any atom is 0.306 e. The number of aryl methyl sites for hydroxylation is 2. The largest absolute Gasteiger partial charge is 0.326 e. The summed E-state index contributed by atoms with van der Waals surface area (Å²) < 4.78 is 16.0. The number of nitrogens with one attached hydrogen (secondary N) is 1. The molecule has 0 aliphatic carbocycles. The molecular weight excluding hydrogens is 347 g/mol. The molecule has 0 saturated carbocycles. The van der Waals surface area contributed by atoms with Gasteiger partial charge in [-0.1, -0.05) is 0 Å². The molecule has 0 bridgehead atoms. The molecule has 1 N–H and O–H groups in total. The molecule has 0 spiro atoms. The van der Waals surface area contributed by atoms with Crippen LogP contribution in [0.1, 0.15) is 6.42 Å². The van der Waals surface area contributed by atoms with E-state index in [1.54, 1.807) is 7.05 Å². The summed E-state index contributed by atoms with van der Waals surface area (Å²) in [4.78, 5) is 38.3. The van der Waals surface area contributed by atoms with E-state index in [4.69, 9.17) is 0 Å². The number of carbonyl (C=O) groups excluding carboxylic acids is 1. The Morgan fingerprint density at radius 2 is 2.19 bits per heavy atom. The van der Waals surface area contributed by atoms with Crippen LogP contribution in [-0.2, 0) is 18.4 Å². The average molecular weight is 360 g/mol. The minimum atomic E-state index is -0.990. The fourth-order valence-electron chi connectivity index (χ4n) is 2.40. The van der Waals surface area contributed by atoms with Crippen LogP contribution in [0.15, 0.2) is 35.5 Å². The van der Waals surface area contributed by atoms with Crippen molar-refractivity contribution in [2.24, 2.45) is 7.05 Å².